The fraction of sp³-hybridized carbons (Fsp3) is 0.364. The number of nitrogens with zero attached hydrogens (tertiary/aromatic N) is 1. The zero-order valence-electron chi connectivity index (χ0n) is 8.73. The molecule has 3 N–H and O–H groups in total. The maximum Gasteiger partial charge on any atom is 0.123 e. The fourth-order valence-electron chi connectivity index (χ4n) is 1.54. The number of nitrogens with one attached hydrogen (secondary N) is 1. The quantitative estimate of drug-likeness (QED) is 0.834. The van der Waals surface area contributed by atoms with Crippen LogP contribution in [0.5, 0.6) is 0 Å². The van der Waals surface area contributed by atoms with Crippen molar-refractivity contribution >= 4 is 11.3 Å². The number of aromatic amines is 1. The van der Waals surface area contributed by atoms with Crippen LogP contribution in [0.15, 0.2) is 23.0 Å². The Balaban J connectivity index is 2.17. The fourth-order valence-corrected chi connectivity index (χ4v) is 2.19. The van der Waals surface area contributed by atoms with Gasteiger partial charge in [-0.05, 0) is 17.9 Å². The smallest absolute Gasteiger partial charge is 0.123 e. The predicted molar refractivity (Wildman–Crippen MR) is 63.7 cm³/mol. The summed E-state index contributed by atoms with van der Waals surface area (Å²) < 4.78 is 0. The average Bonchev–Trinajstić information content (AvgIpc) is 2.89. The van der Waals surface area contributed by atoms with Crippen LogP contribution < -0.4 is 5.73 Å². The van der Waals surface area contributed by atoms with Gasteiger partial charge in [-0.3, -0.25) is 0 Å². The summed E-state index contributed by atoms with van der Waals surface area (Å²) in [5.74, 6) is 0.887. The summed E-state index contributed by atoms with van der Waals surface area (Å²) in [6.07, 6.45) is 3.90. The van der Waals surface area contributed by atoms with Crippen LogP contribution in [0.25, 0.3) is 11.3 Å². The lowest BCUT2D eigenvalue weighted by molar-refractivity contribution is 0.609. The Morgan fingerprint density at radius 3 is 3.13 bits per heavy atom. The van der Waals surface area contributed by atoms with Crippen molar-refractivity contribution in [2.24, 2.45) is 5.73 Å². The molecule has 0 radical (unpaired) electrons. The average molecular weight is 221 g/mol. The van der Waals surface area contributed by atoms with Crippen LogP contribution in [-0.4, -0.2) is 9.97 Å². The van der Waals surface area contributed by atoms with Crippen molar-refractivity contribution < 1.29 is 0 Å². The van der Waals surface area contributed by atoms with Crippen LogP contribution in [-0.2, 0) is 0 Å². The first-order chi connectivity index (χ1) is 7.31. The molecule has 0 aliphatic heterocycles. The maximum atomic E-state index is 5.98. The van der Waals surface area contributed by atoms with Crippen LogP contribution in [0.1, 0.15) is 31.6 Å². The molecule has 2 aromatic rings. The summed E-state index contributed by atoms with van der Waals surface area (Å²) in [4.78, 5) is 7.59. The van der Waals surface area contributed by atoms with E-state index in [1.807, 2.05) is 6.20 Å². The van der Waals surface area contributed by atoms with Crippen molar-refractivity contribution in [2.45, 2.75) is 25.8 Å². The molecule has 0 saturated heterocycles. The second kappa shape index (κ2) is 4.59. The molecular formula is C11H15N3S. The molecule has 4 heteroatoms. The highest BCUT2D eigenvalue weighted by molar-refractivity contribution is 7.08. The monoisotopic (exact) mass is 221 g/mol. The van der Waals surface area contributed by atoms with Crippen LogP contribution in [0.2, 0.25) is 0 Å². The van der Waals surface area contributed by atoms with Gasteiger partial charge in [0, 0.05) is 10.9 Å². The van der Waals surface area contributed by atoms with Gasteiger partial charge < -0.3 is 10.7 Å². The molecule has 15 heavy (non-hydrogen) atoms. The van der Waals surface area contributed by atoms with Crippen molar-refractivity contribution in [1.29, 1.82) is 0 Å². The lowest BCUT2D eigenvalue weighted by atomic mass is 10.2. The molecule has 1 unspecified atom stereocenters. The van der Waals surface area contributed by atoms with Gasteiger partial charge in [-0.15, -0.1) is 0 Å². The Bertz CT molecular complexity index is 405. The van der Waals surface area contributed by atoms with Crippen LogP contribution in [0.3, 0.4) is 0 Å². The summed E-state index contributed by atoms with van der Waals surface area (Å²) in [5.41, 5.74) is 8.22. The van der Waals surface area contributed by atoms with Gasteiger partial charge in [-0.25, -0.2) is 4.98 Å². The SMILES string of the molecule is CCCC(N)c1ncc(-c2ccsc2)[nH]1. The van der Waals surface area contributed by atoms with Crippen molar-refractivity contribution in [3.05, 3.63) is 28.8 Å². The molecular weight excluding hydrogens is 206 g/mol. The topological polar surface area (TPSA) is 54.7 Å². The predicted octanol–water partition coefficient (Wildman–Crippen LogP) is 2.94. The molecule has 2 heterocycles. The molecule has 2 rings (SSSR count). The number of hydrogen-bond acceptors (Lipinski definition) is 3. The normalized spacial score (nSPS) is 12.9. The lowest BCUT2D eigenvalue weighted by Crippen LogP contribution is -2.11. The molecule has 80 valence electrons. The second-order valence-corrected chi connectivity index (χ2v) is 4.37. The van der Waals surface area contributed by atoms with Gasteiger partial charge in [0.25, 0.3) is 0 Å². The van der Waals surface area contributed by atoms with E-state index in [0.29, 0.717) is 0 Å². The van der Waals surface area contributed by atoms with Crippen molar-refractivity contribution in [1.82, 2.24) is 9.97 Å². The third-order valence-corrected chi connectivity index (χ3v) is 3.06. The molecule has 0 aliphatic carbocycles. The molecule has 0 saturated carbocycles. The standard InChI is InChI=1S/C11H15N3S/c1-2-3-9(12)11-13-6-10(14-11)8-4-5-15-7-8/h4-7,9H,2-3,12H2,1H3,(H,13,14). The van der Waals surface area contributed by atoms with E-state index in [1.54, 1.807) is 11.3 Å². The third kappa shape index (κ3) is 2.27. The van der Waals surface area contributed by atoms with E-state index >= 15 is 0 Å². The van der Waals surface area contributed by atoms with E-state index in [2.05, 4.69) is 33.7 Å². The molecule has 0 bridgehead atoms. The number of hydrogen-bond donors (Lipinski definition) is 2. The third-order valence-electron chi connectivity index (χ3n) is 2.38. The number of aromatic nitrogens is 2. The van der Waals surface area contributed by atoms with Gasteiger partial charge in [0.1, 0.15) is 5.82 Å². The van der Waals surface area contributed by atoms with Gasteiger partial charge in [0.15, 0.2) is 0 Å². The Morgan fingerprint density at radius 2 is 2.47 bits per heavy atom. The molecule has 1 atom stereocenters. The minimum absolute atomic E-state index is 0.0300. The van der Waals surface area contributed by atoms with Crippen LogP contribution >= 0.6 is 11.3 Å². The van der Waals surface area contributed by atoms with Crippen LogP contribution in [0.4, 0.5) is 0 Å². The number of imidazole rings is 1. The maximum absolute atomic E-state index is 5.98. The van der Waals surface area contributed by atoms with E-state index in [0.717, 1.165) is 24.4 Å². The summed E-state index contributed by atoms with van der Waals surface area (Å²) in [6.45, 7) is 2.13. The first-order valence-electron chi connectivity index (χ1n) is 5.14. The summed E-state index contributed by atoms with van der Waals surface area (Å²) in [6, 6.07) is 2.11. The zero-order valence-corrected chi connectivity index (χ0v) is 9.55. The zero-order chi connectivity index (χ0) is 10.7. The molecule has 0 amide bonds. The van der Waals surface area contributed by atoms with Gasteiger partial charge in [-0.2, -0.15) is 11.3 Å². The minimum Gasteiger partial charge on any atom is -0.341 e. The summed E-state index contributed by atoms with van der Waals surface area (Å²) >= 11 is 1.68. The van der Waals surface area contributed by atoms with Gasteiger partial charge in [0.2, 0.25) is 0 Å². The van der Waals surface area contributed by atoms with Crippen molar-refractivity contribution in [2.75, 3.05) is 0 Å². The Hall–Kier alpha value is -1.13. The second-order valence-electron chi connectivity index (χ2n) is 3.59. The Kier molecular flexibility index (Phi) is 3.18. The number of thiophene rings is 1. The first kappa shape index (κ1) is 10.4. The largest absolute Gasteiger partial charge is 0.341 e. The van der Waals surface area contributed by atoms with Gasteiger partial charge in [-0.1, -0.05) is 13.3 Å². The van der Waals surface area contributed by atoms with Crippen molar-refractivity contribution in [3.8, 4) is 11.3 Å². The highest BCUT2D eigenvalue weighted by Crippen LogP contribution is 2.22. The highest BCUT2D eigenvalue weighted by Gasteiger charge is 2.09. The molecule has 0 spiro atoms. The van der Waals surface area contributed by atoms with E-state index in [1.165, 1.54) is 5.56 Å². The van der Waals surface area contributed by atoms with Crippen LogP contribution in [0, 0.1) is 0 Å². The van der Waals surface area contributed by atoms with Gasteiger partial charge >= 0.3 is 0 Å². The van der Waals surface area contributed by atoms with E-state index in [9.17, 15) is 0 Å². The number of rotatable bonds is 4. The number of H-pyrrole nitrogens is 1. The van der Waals surface area contributed by atoms with E-state index in [-0.39, 0.29) is 6.04 Å². The molecule has 3 nitrogen and oxygen atoms in total. The lowest BCUT2D eigenvalue weighted by Gasteiger charge is -2.05. The Labute approximate surface area is 93.4 Å². The molecule has 0 aromatic carbocycles. The van der Waals surface area contributed by atoms with E-state index < -0.39 is 0 Å². The molecule has 0 fully saturated rings. The van der Waals surface area contributed by atoms with E-state index in [4.69, 9.17) is 5.73 Å². The highest BCUT2D eigenvalue weighted by atomic mass is 32.1. The minimum atomic E-state index is 0.0300. The first-order valence-corrected chi connectivity index (χ1v) is 6.08. The molecule has 0 aliphatic rings. The van der Waals surface area contributed by atoms with Crippen molar-refractivity contribution in [3.63, 3.8) is 0 Å². The Morgan fingerprint density at radius 1 is 1.60 bits per heavy atom. The summed E-state index contributed by atoms with van der Waals surface area (Å²) in [5, 5.41) is 4.16. The number of nitrogens with two attached hydrogens (primary N) is 1. The molecule has 2 aromatic heterocycles. The summed E-state index contributed by atoms with van der Waals surface area (Å²) in [7, 11) is 0. The van der Waals surface area contributed by atoms with Gasteiger partial charge in [0.05, 0.1) is 17.9 Å².